The fraction of sp³-hybridized carbons (Fsp3) is 0.111. The van der Waals surface area contributed by atoms with Gasteiger partial charge in [0.2, 0.25) is 0 Å². The monoisotopic (exact) mass is 169 g/mol. The van der Waals surface area contributed by atoms with Crippen LogP contribution in [0.1, 0.15) is 5.56 Å². The second-order valence-electron chi connectivity index (χ2n) is 2.41. The van der Waals surface area contributed by atoms with Crippen LogP contribution in [0.15, 0.2) is 24.8 Å². The second kappa shape index (κ2) is 3.45. The largest absolute Gasteiger partial charge is 0.326 e. The number of nitrogens with two attached hydrogens (primary N) is 1. The summed E-state index contributed by atoms with van der Waals surface area (Å²) < 4.78 is 25.6. The van der Waals surface area contributed by atoms with Gasteiger partial charge in [0.1, 0.15) is 0 Å². The Balaban J connectivity index is 3.16. The average Bonchev–Trinajstić information content (AvgIpc) is 2.08. The van der Waals surface area contributed by atoms with Gasteiger partial charge in [-0.25, -0.2) is 8.78 Å². The molecule has 12 heavy (non-hydrogen) atoms. The molecule has 0 spiro atoms. The van der Waals surface area contributed by atoms with Crippen LogP contribution in [0.25, 0.3) is 5.57 Å². The number of hydrogen-bond acceptors (Lipinski definition) is 1. The van der Waals surface area contributed by atoms with Crippen LogP contribution in [-0.4, -0.2) is 6.54 Å². The number of benzene rings is 1. The first kappa shape index (κ1) is 8.87. The molecule has 0 atom stereocenters. The fourth-order valence-electron chi connectivity index (χ4n) is 0.887. The lowest BCUT2D eigenvalue weighted by atomic mass is 10.1. The van der Waals surface area contributed by atoms with E-state index in [1.807, 2.05) is 0 Å². The molecule has 0 heterocycles. The molecule has 0 aliphatic rings. The van der Waals surface area contributed by atoms with E-state index in [0.29, 0.717) is 5.57 Å². The minimum atomic E-state index is -0.882. The smallest absolute Gasteiger partial charge is 0.166 e. The Morgan fingerprint density at radius 2 is 2.08 bits per heavy atom. The molecule has 0 bridgehead atoms. The molecule has 0 aliphatic carbocycles. The maximum atomic E-state index is 12.9. The van der Waals surface area contributed by atoms with Gasteiger partial charge >= 0.3 is 0 Å². The molecule has 0 aliphatic heterocycles. The van der Waals surface area contributed by atoms with Crippen molar-refractivity contribution in [1.82, 2.24) is 0 Å². The van der Waals surface area contributed by atoms with E-state index in [4.69, 9.17) is 5.73 Å². The lowest BCUT2D eigenvalue weighted by molar-refractivity contribution is 0.506. The first-order valence-electron chi connectivity index (χ1n) is 3.49. The van der Waals surface area contributed by atoms with Crippen molar-refractivity contribution in [2.75, 3.05) is 6.54 Å². The predicted octanol–water partition coefficient (Wildman–Crippen LogP) is 1.94. The fourth-order valence-corrected chi connectivity index (χ4v) is 0.887. The van der Waals surface area contributed by atoms with E-state index in [2.05, 4.69) is 6.58 Å². The third kappa shape index (κ3) is 1.51. The van der Waals surface area contributed by atoms with Crippen molar-refractivity contribution in [2.45, 2.75) is 0 Å². The summed E-state index contributed by atoms with van der Waals surface area (Å²) in [4.78, 5) is 0. The standard InChI is InChI=1S/C9H9F2N/c1-6(5-12)7-3-2-4-8(10)9(7)11/h2-4H,1,5,12H2. The minimum Gasteiger partial charge on any atom is -0.326 e. The number of halogens is 2. The summed E-state index contributed by atoms with van der Waals surface area (Å²) in [7, 11) is 0. The molecule has 2 N–H and O–H groups in total. The summed E-state index contributed by atoms with van der Waals surface area (Å²) >= 11 is 0. The highest BCUT2D eigenvalue weighted by atomic mass is 19.2. The third-order valence-corrected chi connectivity index (χ3v) is 1.58. The Morgan fingerprint density at radius 1 is 1.42 bits per heavy atom. The maximum Gasteiger partial charge on any atom is 0.166 e. The minimum absolute atomic E-state index is 0.125. The van der Waals surface area contributed by atoms with Gasteiger partial charge in [-0.1, -0.05) is 18.7 Å². The van der Waals surface area contributed by atoms with Gasteiger partial charge in [0.15, 0.2) is 11.6 Å². The van der Waals surface area contributed by atoms with Crippen LogP contribution in [0.4, 0.5) is 8.78 Å². The van der Waals surface area contributed by atoms with Crippen LogP contribution in [0.2, 0.25) is 0 Å². The van der Waals surface area contributed by atoms with Gasteiger partial charge in [0.25, 0.3) is 0 Å². The van der Waals surface area contributed by atoms with Crippen LogP contribution in [0.3, 0.4) is 0 Å². The zero-order valence-electron chi connectivity index (χ0n) is 6.48. The molecule has 1 aromatic rings. The predicted molar refractivity (Wildman–Crippen MR) is 44.4 cm³/mol. The van der Waals surface area contributed by atoms with Crippen molar-refractivity contribution < 1.29 is 8.78 Å². The highest BCUT2D eigenvalue weighted by Crippen LogP contribution is 2.17. The van der Waals surface area contributed by atoms with E-state index < -0.39 is 11.6 Å². The molecule has 64 valence electrons. The molecule has 0 radical (unpaired) electrons. The zero-order chi connectivity index (χ0) is 9.14. The lowest BCUT2D eigenvalue weighted by Crippen LogP contribution is -2.03. The Kier molecular flexibility index (Phi) is 2.55. The summed E-state index contributed by atoms with van der Waals surface area (Å²) in [5, 5.41) is 0. The van der Waals surface area contributed by atoms with Crippen LogP contribution < -0.4 is 5.73 Å². The van der Waals surface area contributed by atoms with Crippen molar-refractivity contribution in [2.24, 2.45) is 5.73 Å². The number of rotatable bonds is 2. The van der Waals surface area contributed by atoms with E-state index in [0.717, 1.165) is 6.07 Å². The van der Waals surface area contributed by atoms with Crippen LogP contribution in [0.5, 0.6) is 0 Å². The van der Waals surface area contributed by atoms with Crippen molar-refractivity contribution >= 4 is 5.57 Å². The molecule has 0 saturated heterocycles. The highest BCUT2D eigenvalue weighted by Gasteiger charge is 2.08. The normalized spacial score (nSPS) is 9.92. The van der Waals surface area contributed by atoms with Crippen molar-refractivity contribution in [3.05, 3.63) is 42.0 Å². The Morgan fingerprint density at radius 3 is 2.67 bits per heavy atom. The summed E-state index contributed by atoms with van der Waals surface area (Å²) in [5.41, 5.74) is 5.78. The maximum absolute atomic E-state index is 12.9. The molecular weight excluding hydrogens is 160 g/mol. The first-order chi connectivity index (χ1) is 5.66. The van der Waals surface area contributed by atoms with Gasteiger partial charge in [0, 0.05) is 12.1 Å². The topological polar surface area (TPSA) is 26.0 Å². The van der Waals surface area contributed by atoms with E-state index in [1.165, 1.54) is 12.1 Å². The molecule has 1 nitrogen and oxygen atoms in total. The second-order valence-corrected chi connectivity index (χ2v) is 2.41. The van der Waals surface area contributed by atoms with Crippen LogP contribution >= 0.6 is 0 Å². The molecule has 0 aromatic heterocycles. The molecule has 1 aromatic carbocycles. The van der Waals surface area contributed by atoms with Gasteiger partial charge in [-0.3, -0.25) is 0 Å². The van der Waals surface area contributed by atoms with Gasteiger partial charge in [0.05, 0.1) is 0 Å². The van der Waals surface area contributed by atoms with Gasteiger partial charge in [-0.2, -0.15) is 0 Å². The van der Waals surface area contributed by atoms with Crippen LogP contribution in [0, 0.1) is 11.6 Å². The number of hydrogen-bond donors (Lipinski definition) is 1. The van der Waals surface area contributed by atoms with Gasteiger partial charge in [-0.05, 0) is 11.6 Å². The average molecular weight is 169 g/mol. The summed E-state index contributed by atoms with van der Waals surface area (Å²) in [5.74, 6) is -1.75. The van der Waals surface area contributed by atoms with E-state index in [-0.39, 0.29) is 12.1 Å². The quantitative estimate of drug-likeness (QED) is 0.719. The lowest BCUT2D eigenvalue weighted by Gasteiger charge is -2.03. The Hall–Kier alpha value is -1.22. The van der Waals surface area contributed by atoms with Crippen molar-refractivity contribution in [3.63, 3.8) is 0 Å². The van der Waals surface area contributed by atoms with E-state index in [1.54, 1.807) is 0 Å². The third-order valence-electron chi connectivity index (χ3n) is 1.58. The first-order valence-corrected chi connectivity index (χ1v) is 3.49. The SMILES string of the molecule is C=C(CN)c1cccc(F)c1F. The van der Waals surface area contributed by atoms with Gasteiger partial charge in [-0.15, -0.1) is 0 Å². The molecule has 0 fully saturated rings. The van der Waals surface area contributed by atoms with E-state index in [9.17, 15) is 8.78 Å². The molecule has 3 heteroatoms. The zero-order valence-corrected chi connectivity index (χ0v) is 6.48. The van der Waals surface area contributed by atoms with Gasteiger partial charge < -0.3 is 5.73 Å². The molecule has 0 saturated carbocycles. The molecular formula is C9H9F2N. The van der Waals surface area contributed by atoms with Crippen molar-refractivity contribution in [1.29, 1.82) is 0 Å². The Bertz CT molecular complexity index is 307. The molecule has 1 rings (SSSR count). The molecule has 0 unspecified atom stereocenters. The summed E-state index contributed by atoms with van der Waals surface area (Å²) in [6.45, 7) is 3.64. The summed E-state index contributed by atoms with van der Waals surface area (Å²) in [6.07, 6.45) is 0. The van der Waals surface area contributed by atoms with Crippen LogP contribution in [-0.2, 0) is 0 Å². The Labute approximate surface area is 69.5 Å². The van der Waals surface area contributed by atoms with Crippen molar-refractivity contribution in [3.8, 4) is 0 Å². The summed E-state index contributed by atoms with van der Waals surface area (Å²) in [6, 6.07) is 3.94. The van der Waals surface area contributed by atoms with E-state index >= 15 is 0 Å². The molecule has 0 amide bonds. The highest BCUT2D eigenvalue weighted by molar-refractivity contribution is 5.64.